The van der Waals surface area contributed by atoms with Gasteiger partial charge in [0.1, 0.15) is 6.26 Å². The lowest BCUT2D eigenvalue weighted by atomic mass is 10.2. The topological polar surface area (TPSA) is 38.1 Å². The standard InChI is InChI=1S/C11H11ClN2OS/c1-13-7-8-3-2-4-9(12)10(8)16-11-14-5-6-15-11/h2-6,13H,7H2,1H3. The summed E-state index contributed by atoms with van der Waals surface area (Å²) >= 11 is 7.60. The van der Waals surface area contributed by atoms with E-state index in [9.17, 15) is 0 Å². The SMILES string of the molecule is CNCc1cccc(Cl)c1Sc1ncco1. The molecule has 5 heteroatoms. The van der Waals surface area contributed by atoms with Crippen LogP contribution in [0.4, 0.5) is 0 Å². The zero-order valence-corrected chi connectivity index (χ0v) is 10.3. The lowest BCUT2D eigenvalue weighted by molar-refractivity contribution is 0.454. The summed E-state index contributed by atoms with van der Waals surface area (Å²) in [5.74, 6) is 0. The molecule has 1 aromatic heterocycles. The third-order valence-corrected chi connectivity index (χ3v) is 3.50. The minimum absolute atomic E-state index is 0.602. The lowest BCUT2D eigenvalue weighted by Crippen LogP contribution is -2.06. The highest BCUT2D eigenvalue weighted by molar-refractivity contribution is 7.99. The number of halogens is 1. The van der Waals surface area contributed by atoms with Crippen LogP contribution in [0.1, 0.15) is 5.56 Å². The van der Waals surface area contributed by atoms with Gasteiger partial charge >= 0.3 is 0 Å². The maximum absolute atomic E-state index is 6.16. The van der Waals surface area contributed by atoms with E-state index in [1.54, 1.807) is 12.5 Å². The van der Waals surface area contributed by atoms with E-state index in [1.807, 2.05) is 25.2 Å². The van der Waals surface area contributed by atoms with Crippen molar-refractivity contribution in [2.45, 2.75) is 16.7 Å². The molecule has 3 nitrogen and oxygen atoms in total. The molecule has 84 valence electrons. The Balaban J connectivity index is 2.30. The number of nitrogens with zero attached hydrogens (tertiary/aromatic N) is 1. The first-order valence-corrected chi connectivity index (χ1v) is 6.00. The first-order valence-electron chi connectivity index (χ1n) is 4.80. The Morgan fingerprint density at radius 2 is 2.38 bits per heavy atom. The molecule has 0 radical (unpaired) electrons. The van der Waals surface area contributed by atoms with Crippen molar-refractivity contribution in [1.29, 1.82) is 0 Å². The van der Waals surface area contributed by atoms with E-state index in [2.05, 4.69) is 10.3 Å². The lowest BCUT2D eigenvalue weighted by Gasteiger charge is -2.08. The van der Waals surface area contributed by atoms with Gasteiger partial charge < -0.3 is 9.73 Å². The zero-order valence-electron chi connectivity index (χ0n) is 8.74. The molecule has 1 heterocycles. The van der Waals surface area contributed by atoms with Gasteiger partial charge in [0.2, 0.25) is 0 Å². The first kappa shape index (κ1) is 11.5. The molecule has 0 atom stereocenters. The summed E-state index contributed by atoms with van der Waals surface area (Å²) in [5.41, 5.74) is 1.14. The predicted octanol–water partition coefficient (Wildman–Crippen LogP) is 3.20. The number of aromatic nitrogens is 1. The molecule has 0 aliphatic heterocycles. The molecular weight excluding hydrogens is 244 g/mol. The fourth-order valence-corrected chi connectivity index (χ4v) is 2.48. The Morgan fingerprint density at radius 3 is 3.06 bits per heavy atom. The molecule has 0 fully saturated rings. The van der Waals surface area contributed by atoms with Gasteiger partial charge in [0.25, 0.3) is 5.22 Å². The Hall–Kier alpha value is -0.970. The summed E-state index contributed by atoms with van der Waals surface area (Å²) in [7, 11) is 1.90. The molecule has 0 aliphatic carbocycles. The van der Waals surface area contributed by atoms with Crippen molar-refractivity contribution in [2.24, 2.45) is 0 Å². The fraction of sp³-hybridized carbons (Fsp3) is 0.182. The minimum atomic E-state index is 0.602. The van der Waals surface area contributed by atoms with Gasteiger partial charge in [-0.2, -0.15) is 0 Å². The van der Waals surface area contributed by atoms with Crippen LogP contribution in [0.25, 0.3) is 0 Å². The summed E-state index contributed by atoms with van der Waals surface area (Å²) in [5, 5.41) is 4.43. The summed E-state index contributed by atoms with van der Waals surface area (Å²) in [6.45, 7) is 0.767. The molecule has 0 unspecified atom stereocenters. The van der Waals surface area contributed by atoms with Gasteiger partial charge in [-0.05, 0) is 30.4 Å². The molecule has 1 N–H and O–H groups in total. The third-order valence-electron chi connectivity index (χ3n) is 2.01. The van der Waals surface area contributed by atoms with Gasteiger partial charge in [0.05, 0.1) is 11.2 Å². The van der Waals surface area contributed by atoms with Gasteiger partial charge in [0.15, 0.2) is 0 Å². The Labute approximate surface area is 103 Å². The van der Waals surface area contributed by atoms with Crippen LogP contribution in [0, 0.1) is 0 Å². The van der Waals surface area contributed by atoms with Crippen LogP contribution in [0.5, 0.6) is 0 Å². The third kappa shape index (κ3) is 2.58. The number of rotatable bonds is 4. The highest BCUT2D eigenvalue weighted by atomic mass is 35.5. The molecule has 16 heavy (non-hydrogen) atoms. The molecule has 0 amide bonds. The van der Waals surface area contributed by atoms with Crippen LogP contribution >= 0.6 is 23.4 Å². The normalized spacial score (nSPS) is 10.6. The maximum Gasteiger partial charge on any atom is 0.260 e. The van der Waals surface area contributed by atoms with Crippen molar-refractivity contribution in [3.8, 4) is 0 Å². The summed E-state index contributed by atoms with van der Waals surface area (Å²) in [4.78, 5) is 5.06. The minimum Gasteiger partial charge on any atom is -0.440 e. The van der Waals surface area contributed by atoms with E-state index >= 15 is 0 Å². The fourth-order valence-electron chi connectivity index (χ4n) is 1.35. The summed E-state index contributed by atoms with van der Waals surface area (Å²) in [6, 6.07) is 5.84. The van der Waals surface area contributed by atoms with Crippen LogP contribution in [0.15, 0.2) is 45.2 Å². The van der Waals surface area contributed by atoms with Crippen molar-refractivity contribution < 1.29 is 4.42 Å². The van der Waals surface area contributed by atoms with Crippen molar-refractivity contribution in [1.82, 2.24) is 10.3 Å². The number of benzene rings is 1. The van der Waals surface area contributed by atoms with Crippen LogP contribution < -0.4 is 5.32 Å². The first-order chi connectivity index (χ1) is 7.81. The molecular formula is C11H11ClN2OS. The highest BCUT2D eigenvalue weighted by Crippen LogP contribution is 2.35. The van der Waals surface area contributed by atoms with Crippen molar-refractivity contribution in [2.75, 3.05) is 7.05 Å². The molecule has 2 aromatic rings. The molecule has 1 aromatic carbocycles. The maximum atomic E-state index is 6.16. The number of hydrogen-bond donors (Lipinski definition) is 1. The van der Waals surface area contributed by atoms with E-state index in [-0.39, 0.29) is 0 Å². The summed E-state index contributed by atoms with van der Waals surface area (Å²) in [6.07, 6.45) is 3.17. The van der Waals surface area contributed by atoms with Crippen LogP contribution in [-0.4, -0.2) is 12.0 Å². The van der Waals surface area contributed by atoms with E-state index in [0.717, 1.165) is 22.0 Å². The quantitative estimate of drug-likeness (QED) is 0.909. The van der Waals surface area contributed by atoms with Crippen LogP contribution in [-0.2, 0) is 6.54 Å². The van der Waals surface area contributed by atoms with Gasteiger partial charge in [-0.25, -0.2) is 4.98 Å². The second-order valence-corrected chi connectivity index (χ2v) is 4.53. The second kappa shape index (κ2) is 5.39. The second-order valence-electron chi connectivity index (χ2n) is 3.16. The molecule has 2 rings (SSSR count). The summed E-state index contributed by atoms with van der Waals surface area (Å²) < 4.78 is 5.20. The van der Waals surface area contributed by atoms with Gasteiger partial charge in [-0.15, -0.1) is 0 Å². The van der Waals surface area contributed by atoms with Gasteiger partial charge in [0, 0.05) is 11.4 Å². The number of hydrogen-bond acceptors (Lipinski definition) is 4. The van der Waals surface area contributed by atoms with E-state index in [1.165, 1.54) is 11.8 Å². The molecule has 0 saturated carbocycles. The highest BCUT2D eigenvalue weighted by Gasteiger charge is 2.10. The zero-order chi connectivity index (χ0) is 11.4. The molecule has 0 saturated heterocycles. The van der Waals surface area contributed by atoms with Crippen molar-refractivity contribution in [3.63, 3.8) is 0 Å². The molecule has 0 aliphatic rings. The van der Waals surface area contributed by atoms with E-state index in [4.69, 9.17) is 16.0 Å². The monoisotopic (exact) mass is 254 g/mol. The molecule has 0 spiro atoms. The number of nitrogens with one attached hydrogen (secondary N) is 1. The largest absolute Gasteiger partial charge is 0.440 e. The number of oxazole rings is 1. The van der Waals surface area contributed by atoms with Crippen LogP contribution in [0.2, 0.25) is 5.02 Å². The van der Waals surface area contributed by atoms with Crippen molar-refractivity contribution in [3.05, 3.63) is 41.2 Å². The Kier molecular flexibility index (Phi) is 3.88. The average molecular weight is 255 g/mol. The van der Waals surface area contributed by atoms with Crippen LogP contribution in [0.3, 0.4) is 0 Å². The molecule has 0 bridgehead atoms. The smallest absolute Gasteiger partial charge is 0.260 e. The van der Waals surface area contributed by atoms with Crippen molar-refractivity contribution >= 4 is 23.4 Å². The average Bonchev–Trinajstić information content (AvgIpc) is 2.76. The van der Waals surface area contributed by atoms with E-state index < -0.39 is 0 Å². The Morgan fingerprint density at radius 1 is 1.50 bits per heavy atom. The van der Waals surface area contributed by atoms with Gasteiger partial charge in [-0.3, -0.25) is 0 Å². The predicted molar refractivity (Wildman–Crippen MR) is 64.8 cm³/mol. The van der Waals surface area contributed by atoms with Gasteiger partial charge in [-0.1, -0.05) is 23.7 Å². The van der Waals surface area contributed by atoms with E-state index in [0.29, 0.717) is 5.22 Å². The Bertz CT molecular complexity index is 459.